The van der Waals surface area contributed by atoms with Gasteiger partial charge in [-0.2, -0.15) is 0 Å². The number of carbonyl (C=O) groups excluding carboxylic acids is 1. The van der Waals surface area contributed by atoms with E-state index in [0.29, 0.717) is 5.78 Å². The summed E-state index contributed by atoms with van der Waals surface area (Å²) in [7, 11) is 0. The fraction of sp³-hybridized carbons (Fsp3) is 0.111. The molecule has 3 aromatic heterocycles. The first-order chi connectivity index (χ1) is 12.6. The average molecular weight is 364 g/mol. The van der Waals surface area contributed by atoms with Gasteiger partial charge in [-0.15, -0.1) is 11.3 Å². The standard InChI is InChI=1S/C18H16N6OS/c1-11-16(24-9-3-8-19-17(24)20-11)15-10-26-18(23-15)22-14-6-4-13(5-7-14)21-12(2)25/h3-10H,1-2H3,(H,21,25)(H,22,23). The minimum absolute atomic E-state index is 0.0897. The van der Waals surface area contributed by atoms with Crippen molar-refractivity contribution in [2.24, 2.45) is 0 Å². The van der Waals surface area contributed by atoms with Gasteiger partial charge in [0.15, 0.2) is 5.13 Å². The number of benzene rings is 1. The summed E-state index contributed by atoms with van der Waals surface area (Å²) in [5.74, 6) is 0.573. The second-order valence-corrected chi connectivity index (χ2v) is 6.62. The zero-order chi connectivity index (χ0) is 18.1. The summed E-state index contributed by atoms with van der Waals surface area (Å²) in [6, 6.07) is 9.36. The largest absolute Gasteiger partial charge is 0.332 e. The van der Waals surface area contributed by atoms with E-state index in [4.69, 9.17) is 0 Å². The zero-order valence-electron chi connectivity index (χ0n) is 14.2. The van der Waals surface area contributed by atoms with Crippen LogP contribution in [0.5, 0.6) is 0 Å². The number of imidazole rings is 1. The normalized spacial score (nSPS) is 10.8. The molecule has 7 nitrogen and oxygen atoms in total. The Morgan fingerprint density at radius 1 is 1.15 bits per heavy atom. The van der Waals surface area contributed by atoms with E-state index < -0.39 is 0 Å². The van der Waals surface area contributed by atoms with E-state index in [1.807, 2.05) is 53.2 Å². The Kier molecular flexibility index (Phi) is 4.10. The fourth-order valence-electron chi connectivity index (χ4n) is 2.71. The lowest BCUT2D eigenvalue weighted by atomic mass is 10.3. The van der Waals surface area contributed by atoms with E-state index in [2.05, 4.69) is 25.6 Å². The van der Waals surface area contributed by atoms with Gasteiger partial charge in [-0.05, 0) is 37.3 Å². The smallest absolute Gasteiger partial charge is 0.234 e. The number of hydrogen-bond acceptors (Lipinski definition) is 6. The van der Waals surface area contributed by atoms with Crippen molar-refractivity contribution in [1.82, 2.24) is 19.4 Å². The molecule has 3 heterocycles. The van der Waals surface area contributed by atoms with Gasteiger partial charge in [0, 0.05) is 36.1 Å². The van der Waals surface area contributed by atoms with Gasteiger partial charge in [0.1, 0.15) is 5.69 Å². The molecule has 26 heavy (non-hydrogen) atoms. The van der Waals surface area contributed by atoms with Gasteiger partial charge in [0.25, 0.3) is 0 Å². The quantitative estimate of drug-likeness (QED) is 0.574. The Hall–Kier alpha value is -3.26. The fourth-order valence-corrected chi connectivity index (χ4v) is 3.43. The molecule has 0 bridgehead atoms. The molecule has 0 spiro atoms. The SMILES string of the molecule is CC(=O)Nc1ccc(Nc2nc(-c3c(C)nc4ncccn34)cs2)cc1. The maximum atomic E-state index is 11.1. The number of thiazole rings is 1. The molecule has 0 fully saturated rings. The molecule has 0 saturated heterocycles. The molecule has 0 unspecified atom stereocenters. The number of nitrogens with zero attached hydrogens (tertiary/aromatic N) is 4. The Labute approximate surface area is 153 Å². The van der Waals surface area contributed by atoms with Crippen molar-refractivity contribution in [2.75, 3.05) is 10.6 Å². The van der Waals surface area contributed by atoms with Crippen molar-refractivity contribution in [3.8, 4) is 11.4 Å². The molecule has 0 aliphatic heterocycles. The summed E-state index contributed by atoms with van der Waals surface area (Å²) in [6.45, 7) is 3.44. The molecule has 0 aliphatic carbocycles. The second-order valence-electron chi connectivity index (χ2n) is 5.76. The first-order valence-electron chi connectivity index (χ1n) is 8.00. The summed E-state index contributed by atoms with van der Waals surface area (Å²) >= 11 is 1.52. The van der Waals surface area contributed by atoms with E-state index in [9.17, 15) is 4.79 Å². The number of aromatic nitrogens is 4. The highest BCUT2D eigenvalue weighted by Crippen LogP contribution is 2.29. The first kappa shape index (κ1) is 16.2. The average Bonchev–Trinajstić information content (AvgIpc) is 3.19. The Morgan fingerprint density at radius 2 is 1.92 bits per heavy atom. The third-order valence-electron chi connectivity index (χ3n) is 3.78. The van der Waals surface area contributed by atoms with Crippen molar-refractivity contribution >= 4 is 39.5 Å². The van der Waals surface area contributed by atoms with Gasteiger partial charge in [0.2, 0.25) is 11.7 Å². The monoisotopic (exact) mass is 364 g/mol. The summed E-state index contributed by atoms with van der Waals surface area (Å²) in [5.41, 5.74) is 4.34. The highest BCUT2D eigenvalue weighted by atomic mass is 32.1. The maximum absolute atomic E-state index is 11.1. The Balaban J connectivity index is 1.58. The van der Waals surface area contributed by atoms with Gasteiger partial charge in [-0.25, -0.2) is 15.0 Å². The number of nitrogens with one attached hydrogen (secondary N) is 2. The lowest BCUT2D eigenvalue weighted by molar-refractivity contribution is -0.114. The van der Waals surface area contributed by atoms with E-state index >= 15 is 0 Å². The molecule has 1 amide bonds. The first-order valence-corrected chi connectivity index (χ1v) is 8.88. The number of fused-ring (bicyclic) bond motifs is 1. The van der Waals surface area contributed by atoms with Crippen molar-refractivity contribution in [3.63, 3.8) is 0 Å². The van der Waals surface area contributed by atoms with Crippen molar-refractivity contribution in [3.05, 3.63) is 53.8 Å². The van der Waals surface area contributed by atoms with Crippen LogP contribution >= 0.6 is 11.3 Å². The molecule has 0 radical (unpaired) electrons. The minimum Gasteiger partial charge on any atom is -0.332 e. The number of rotatable bonds is 4. The van der Waals surface area contributed by atoms with Gasteiger partial charge < -0.3 is 10.6 Å². The summed E-state index contributed by atoms with van der Waals surface area (Å²) in [4.78, 5) is 24.5. The molecule has 0 atom stereocenters. The van der Waals surface area contributed by atoms with Crippen molar-refractivity contribution in [1.29, 1.82) is 0 Å². The number of amides is 1. The van der Waals surface area contributed by atoms with Crippen LogP contribution in [0.15, 0.2) is 48.1 Å². The predicted molar refractivity (Wildman–Crippen MR) is 103 cm³/mol. The van der Waals surface area contributed by atoms with Gasteiger partial charge in [-0.1, -0.05) is 0 Å². The van der Waals surface area contributed by atoms with Crippen LogP contribution < -0.4 is 10.6 Å². The summed E-state index contributed by atoms with van der Waals surface area (Å²) < 4.78 is 1.94. The van der Waals surface area contributed by atoms with Gasteiger partial charge in [-0.3, -0.25) is 9.20 Å². The van der Waals surface area contributed by atoms with Crippen molar-refractivity contribution < 1.29 is 4.79 Å². The van der Waals surface area contributed by atoms with Crippen molar-refractivity contribution in [2.45, 2.75) is 13.8 Å². The number of carbonyl (C=O) groups is 1. The van der Waals surface area contributed by atoms with Crippen LogP contribution in [0.1, 0.15) is 12.6 Å². The minimum atomic E-state index is -0.0897. The molecule has 4 rings (SSSR count). The van der Waals surface area contributed by atoms with Crippen LogP contribution in [-0.2, 0) is 4.79 Å². The molecule has 0 aliphatic rings. The van der Waals surface area contributed by atoms with Gasteiger partial charge in [0.05, 0.1) is 11.4 Å². The van der Waals surface area contributed by atoms with E-state index in [1.54, 1.807) is 6.20 Å². The summed E-state index contributed by atoms with van der Waals surface area (Å²) in [5, 5.41) is 8.81. The van der Waals surface area contributed by atoms with E-state index in [-0.39, 0.29) is 5.91 Å². The molecule has 0 saturated carbocycles. The van der Waals surface area contributed by atoms with Crippen LogP contribution in [0.25, 0.3) is 17.2 Å². The van der Waals surface area contributed by atoms with Crippen LogP contribution in [0.4, 0.5) is 16.5 Å². The molecular weight excluding hydrogens is 348 g/mol. The lowest BCUT2D eigenvalue weighted by Gasteiger charge is -2.05. The number of hydrogen-bond donors (Lipinski definition) is 2. The van der Waals surface area contributed by atoms with E-state index in [1.165, 1.54) is 18.3 Å². The van der Waals surface area contributed by atoms with Crippen LogP contribution in [-0.4, -0.2) is 25.3 Å². The van der Waals surface area contributed by atoms with Crippen LogP contribution in [0.3, 0.4) is 0 Å². The highest BCUT2D eigenvalue weighted by Gasteiger charge is 2.14. The summed E-state index contributed by atoms with van der Waals surface area (Å²) in [6.07, 6.45) is 3.66. The molecular formula is C18H16N6OS. The number of aryl methyl sites for hydroxylation is 1. The molecule has 4 aromatic rings. The molecule has 130 valence electrons. The third kappa shape index (κ3) is 3.14. The Morgan fingerprint density at radius 3 is 2.69 bits per heavy atom. The topological polar surface area (TPSA) is 84.2 Å². The predicted octanol–water partition coefficient (Wildman–Crippen LogP) is 3.86. The third-order valence-corrected chi connectivity index (χ3v) is 4.54. The zero-order valence-corrected chi connectivity index (χ0v) is 15.0. The molecule has 8 heteroatoms. The lowest BCUT2D eigenvalue weighted by Crippen LogP contribution is -2.05. The second kappa shape index (κ2) is 6.57. The number of anilines is 3. The van der Waals surface area contributed by atoms with E-state index in [0.717, 1.165) is 33.6 Å². The van der Waals surface area contributed by atoms with Crippen LogP contribution in [0, 0.1) is 6.92 Å². The maximum Gasteiger partial charge on any atom is 0.234 e. The molecule has 1 aromatic carbocycles. The van der Waals surface area contributed by atoms with Crippen LogP contribution in [0.2, 0.25) is 0 Å². The van der Waals surface area contributed by atoms with Gasteiger partial charge >= 0.3 is 0 Å². The molecule has 2 N–H and O–H groups in total. The Bertz CT molecular complexity index is 1080. The highest BCUT2D eigenvalue weighted by molar-refractivity contribution is 7.14.